The molecule has 1 N–H and O–H groups in total. The quantitative estimate of drug-likeness (QED) is 0.568. The lowest BCUT2D eigenvalue weighted by molar-refractivity contribution is -0.141. The van der Waals surface area contributed by atoms with E-state index in [0.29, 0.717) is 22.6 Å². The summed E-state index contributed by atoms with van der Waals surface area (Å²) in [7, 11) is 0. The second-order valence-electron chi connectivity index (χ2n) is 7.16. The lowest BCUT2D eigenvalue weighted by atomic mass is 9.88. The number of carbonyl (C=O) groups is 4. The van der Waals surface area contributed by atoms with Crippen LogP contribution in [0, 0.1) is 5.92 Å². The van der Waals surface area contributed by atoms with Crippen LogP contribution >= 0.6 is 0 Å². The number of amides is 2. The van der Waals surface area contributed by atoms with Crippen molar-refractivity contribution in [1.29, 1.82) is 0 Å². The van der Waals surface area contributed by atoms with Gasteiger partial charge in [-0.25, -0.2) is 4.79 Å². The predicted molar refractivity (Wildman–Crippen MR) is 116 cm³/mol. The highest BCUT2D eigenvalue weighted by Gasteiger charge is 2.40. The molecular formula is C24H24N2O5. The molecule has 7 heteroatoms. The molecule has 31 heavy (non-hydrogen) atoms. The van der Waals surface area contributed by atoms with E-state index in [2.05, 4.69) is 5.32 Å². The van der Waals surface area contributed by atoms with E-state index in [1.165, 1.54) is 11.8 Å². The molecule has 0 aromatic heterocycles. The predicted octanol–water partition coefficient (Wildman–Crippen LogP) is 3.72. The van der Waals surface area contributed by atoms with Crippen molar-refractivity contribution in [3.05, 3.63) is 71.4 Å². The molecule has 160 valence electrons. The molecule has 0 spiro atoms. The molecule has 0 aliphatic carbocycles. The maximum absolute atomic E-state index is 13.0. The number of rotatable bonds is 6. The Morgan fingerprint density at radius 2 is 1.71 bits per heavy atom. The Bertz CT molecular complexity index is 1040. The number of hydrogen-bond donors (Lipinski definition) is 1. The zero-order chi connectivity index (χ0) is 22.5. The number of ether oxygens (including phenoxy) is 1. The van der Waals surface area contributed by atoms with E-state index in [0.717, 1.165) is 0 Å². The highest BCUT2D eigenvalue weighted by molar-refractivity contribution is 6.10. The van der Waals surface area contributed by atoms with E-state index in [-0.39, 0.29) is 30.3 Å². The zero-order valence-corrected chi connectivity index (χ0v) is 17.7. The molecule has 2 aromatic rings. The minimum atomic E-state index is -0.987. The van der Waals surface area contributed by atoms with Crippen LogP contribution in [0.15, 0.2) is 65.9 Å². The van der Waals surface area contributed by atoms with Gasteiger partial charge < -0.3 is 10.1 Å². The van der Waals surface area contributed by atoms with Gasteiger partial charge >= 0.3 is 5.97 Å². The van der Waals surface area contributed by atoms with Crippen molar-refractivity contribution in [3.8, 4) is 0 Å². The third-order valence-corrected chi connectivity index (χ3v) is 5.09. The number of para-hydroxylation sites is 1. The number of hydrogen-bond acceptors (Lipinski definition) is 5. The number of nitrogens with one attached hydrogen (secondary N) is 1. The smallest absolute Gasteiger partial charge is 0.336 e. The first-order valence-electron chi connectivity index (χ1n) is 10.0. The Hall–Kier alpha value is -3.74. The average Bonchev–Trinajstić information content (AvgIpc) is 2.74. The zero-order valence-electron chi connectivity index (χ0n) is 17.7. The summed E-state index contributed by atoms with van der Waals surface area (Å²) in [6.45, 7) is 4.93. The van der Waals surface area contributed by atoms with Gasteiger partial charge in [0.05, 0.1) is 18.1 Å². The molecule has 0 bridgehead atoms. The first-order valence-corrected chi connectivity index (χ1v) is 10.0. The summed E-state index contributed by atoms with van der Waals surface area (Å²) in [5.41, 5.74) is 2.13. The van der Waals surface area contributed by atoms with E-state index < -0.39 is 17.8 Å². The molecule has 1 unspecified atom stereocenters. The fourth-order valence-corrected chi connectivity index (χ4v) is 3.58. The fraction of sp³-hybridized carbons (Fsp3) is 0.250. The molecule has 1 atom stereocenters. The van der Waals surface area contributed by atoms with Crippen LogP contribution in [0.1, 0.15) is 37.6 Å². The summed E-state index contributed by atoms with van der Waals surface area (Å²) in [5, 5.41) is 2.74. The van der Waals surface area contributed by atoms with Crippen molar-refractivity contribution in [2.75, 3.05) is 16.8 Å². The summed E-state index contributed by atoms with van der Waals surface area (Å²) >= 11 is 0. The van der Waals surface area contributed by atoms with Gasteiger partial charge in [0.1, 0.15) is 0 Å². The third-order valence-electron chi connectivity index (χ3n) is 5.09. The summed E-state index contributed by atoms with van der Waals surface area (Å²) < 4.78 is 5.19. The van der Waals surface area contributed by atoms with Gasteiger partial charge in [0.15, 0.2) is 5.78 Å². The standard InChI is InChI=1S/C24H24N2O5/c1-4-31-24(30)22-15(2)26(19-8-6-5-7-9-19)21(28)14-20(22)23(29)25-18-12-10-17(11-13-18)16(3)27/h5-13,20H,4,14H2,1-3H3,(H,25,29). The SMILES string of the molecule is CCOC(=O)C1=C(C)N(c2ccccc2)C(=O)CC1C(=O)Nc1ccc(C(C)=O)cc1. The maximum atomic E-state index is 13.0. The lowest BCUT2D eigenvalue weighted by Gasteiger charge is -2.33. The minimum absolute atomic E-state index is 0.0834. The molecule has 1 aliphatic rings. The van der Waals surface area contributed by atoms with Crippen molar-refractivity contribution in [3.63, 3.8) is 0 Å². The van der Waals surface area contributed by atoms with Crippen molar-refractivity contribution in [2.45, 2.75) is 27.2 Å². The molecule has 0 radical (unpaired) electrons. The van der Waals surface area contributed by atoms with Crippen LogP contribution in [0.25, 0.3) is 0 Å². The maximum Gasteiger partial charge on any atom is 0.336 e. The number of anilines is 2. The number of nitrogens with zero attached hydrogens (tertiary/aromatic N) is 1. The van der Waals surface area contributed by atoms with Gasteiger partial charge in [-0.3, -0.25) is 19.3 Å². The van der Waals surface area contributed by atoms with Crippen LogP contribution in [-0.2, 0) is 19.1 Å². The molecular weight excluding hydrogens is 396 g/mol. The minimum Gasteiger partial charge on any atom is -0.463 e. The monoisotopic (exact) mass is 420 g/mol. The molecule has 1 heterocycles. The molecule has 0 saturated carbocycles. The van der Waals surface area contributed by atoms with E-state index in [1.54, 1.807) is 62.4 Å². The van der Waals surface area contributed by atoms with E-state index in [1.807, 2.05) is 6.07 Å². The molecule has 0 fully saturated rings. The molecule has 2 amide bonds. The first kappa shape index (κ1) is 22.0. The number of Topliss-reactive ketones (excluding diaryl/α,β-unsaturated/α-hetero) is 1. The number of ketones is 1. The van der Waals surface area contributed by atoms with Gasteiger partial charge in [-0.1, -0.05) is 18.2 Å². The largest absolute Gasteiger partial charge is 0.463 e. The van der Waals surface area contributed by atoms with E-state index >= 15 is 0 Å². The van der Waals surface area contributed by atoms with Gasteiger partial charge in [0.25, 0.3) is 0 Å². The highest BCUT2D eigenvalue weighted by Crippen LogP contribution is 2.34. The van der Waals surface area contributed by atoms with Gasteiger partial charge in [0.2, 0.25) is 11.8 Å². The van der Waals surface area contributed by atoms with Crippen LogP contribution in [0.4, 0.5) is 11.4 Å². The van der Waals surface area contributed by atoms with Crippen molar-refractivity contribution < 1.29 is 23.9 Å². The third kappa shape index (κ3) is 4.71. The molecule has 3 rings (SSSR count). The Balaban J connectivity index is 1.95. The summed E-state index contributed by atoms with van der Waals surface area (Å²) in [6.07, 6.45) is -0.169. The van der Waals surface area contributed by atoms with E-state index in [9.17, 15) is 19.2 Å². The Kier molecular flexibility index (Phi) is 6.65. The lowest BCUT2D eigenvalue weighted by Crippen LogP contribution is -2.43. The molecule has 7 nitrogen and oxygen atoms in total. The molecule has 0 saturated heterocycles. The highest BCUT2D eigenvalue weighted by atomic mass is 16.5. The van der Waals surface area contributed by atoms with Crippen LogP contribution in [-0.4, -0.2) is 30.2 Å². The topological polar surface area (TPSA) is 92.8 Å². The summed E-state index contributed by atoms with van der Waals surface area (Å²) in [5.74, 6) is -2.47. The van der Waals surface area contributed by atoms with Gasteiger partial charge in [-0.2, -0.15) is 0 Å². The first-order chi connectivity index (χ1) is 14.8. The number of carbonyl (C=O) groups excluding carboxylic acids is 4. The van der Waals surface area contributed by atoms with Crippen molar-refractivity contribution >= 4 is 34.9 Å². The molecule has 2 aromatic carbocycles. The van der Waals surface area contributed by atoms with Crippen LogP contribution in [0.2, 0.25) is 0 Å². The Labute approximate surface area is 180 Å². The van der Waals surface area contributed by atoms with E-state index in [4.69, 9.17) is 4.74 Å². The van der Waals surface area contributed by atoms with Crippen LogP contribution in [0.5, 0.6) is 0 Å². The fourth-order valence-electron chi connectivity index (χ4n) is 3.58. The van der Waals surface area contributed by atoms with Crippen molar-refractivity contribution in [1.82, 2.24) is 0 Å². The normalized spacial score (nSPS) is 16.2. The Morgan fingerprint density at radius 1 is 1.06 bits per heavy atom. The van der Waals surface area contributed by atoms with Gasteiger partial charge in [-0.15, -0.1) is 0 Å². The van der Waals surface area contributed by atoms with Crippen molar-refractivity contribution in [2.24, 2.45) is 5.92 Å². The number of esters is 1. The molecule has 1 aliphatic heterocycles. The Morgan fingerprint density at radius 3 is 2.29 bits per heavy atom. The number of allylic oxidation sites excluding steroid dienone is 1. The second kappa shape index (κ2) is 9.38. The van der Waals surface area contributed by atoms with Gasteiger partial charge in [-0.05, 0) is 57.2 Å². The number of benzene rings is 2. The van der Waals surface area contributed by atoms with Crippen LogP contribution in [0.3, 0.4) is 0 Å². The summed E-state index contributed by atoms with van der Waals surface area (Å²) in [6, 6.07) is 15.4. The average molecular weight is 420 g/mol. The second-order valence-corrected chi connectivity index (χ2v) is 7.16. The summed E-state index contributed by atoms with van der Waals surface area (Å²) in [4.78, 5) is 51.6. The van der Waals surface area contributed by atoms with Gasteiger partial charge in [0, 0.05) is 29.1 Å². The van der Waals surface area contributed by atoms with Crippen LogP contribution < -0.4 is 10.2 Å².